The lowest BCUT2D eigenvalue weighted by Gasteiger charge is -2.24. The van der Waals surface area contributed by atoms with Crippen LogP contribution in [0.3, 0.4) is 0 Å². The fourth-order valence-electron chi connectivity index (χ4n) is 5.61. The van der Waals surface area contributed by atoms with Crippen LogP contribution < -0.4 is 16.0 Å². The van der Waals surface area contributed by atoms with Gasteiger partial charge in [-0.1, -0.05) is 18.2 Å². The van der Waals surface area contributed by atoms with Crippen molar-refractivity contribution in [3.05, 3.63) is 75.9 Å². The molecule has 0 radical (unpaired) electrons. The van der Waals surface area contributed by atoms with Gasteiger partial charge in [-0.3, -0.25) is 4.79 Å². The minimum Gasteiger partial charge on any atom is -0.325 e. The first-order valence-electron chi connectivity index (χ1n) is 13.1. The molecule has 5 rings (SSSR count). The molecule has 0 spiro atoms. The van der Waals surface area contributed by atoms with E-state index < -0.39 is 17.2 Å². The molecule has 206 valence electrons. The number of hydrogen-bond donors (Lipinski definition) is 3. The number of hydrogen-bond acceptors (Lipinski definition) is 5. The molecule has 1 aromatic heterocycles. The highest BCUT2D eigenvalue weighted by molar-refractivity contribution is 6.06. The molecule has 39 heavy (non-hydrogen) atoms. The number of carbonyl (C=O) groups is 1. The molecule has 0 aliphatic carbocycles. The third kappa shape index (κ3) is 5.22. The molecule has 2 aromatic carbocycles. The highest BCUT2D eigenvalue weighted by atomic mass is 19.4. The van der Waals surface area contributed by atoms with Gasteiger partial charge in [-0.2, -0.15) is 13.2 Å². The molecule has 0 saturated carbocycles. The average molecular weight is 542 g/mol. The van der Waals surface area contributed by atoms with Crippen LogP contribution in [0.4, 0.5) is 34.9 Å². The Kier molecular flexibility index (Phi) is 7.09. The van der Waals surface area contributed by atoms with Gasteiger partial charge >= 0.3 is 6.18 Å². The van der Waals surface area contributed by atoms with Gasteiger partial charge in [0, 0.05) is 23.1 Å². The summed E-state index contributed by atoms with van der Waals surface area (Å²) >= 11 is 0. The number of carbonyl (C=O) groups excluding carboxylic acids is 1. The van der Waals surface area contributed by atoms with Crippen LogP contribution >= 0.6 is 0 Å². The van der Waals surface area contributed by atoms with E-state index in [0.29, 0.717) is 22.5 Å². The molecule has 1 amide bonds. The molecular formula is C29H31F4N5O. The third-order valence-electron chi connectivity index (χ3n) is 7.84. The smallest absolute Gasteiger partial charge is 0.325 e. The van der Waals surface area contributed by atoms with E-state index in [0.717, 1.165) is 43.3 Å². The summed E-state index contributed by atoms with van der Waals surface area (Å²) in [5, 5.41) is 9.04. The largest absolute Gasteiger partial charge is 0.419 e. The summed E-state index contributed by atoms with van der Waals surface area (Å²) < 4.78 is 56.8. The zero-order chi connectivity index (χ0) is 27.9. The van der Waals surface area contributed by atoms with Gasteiger partial charge in [-0.05, 0) is 94.3 Å². The predicted molar refractivity (Wildman–Crippen MR) is 142 cm³/mol. The van der Waals surface area contributed by atoms with Crippen molar-refractivity contribution in [1.29, 1.82) is 0 Å². The molecule has 10 heteroatoms. The second kappa shape index (κ2) is 10.2. The van der Waals surface area contributed by atoms with E-state index in [2.05, 4.69) is 25.9 Å². The van der Waals surface area contributed by atoms with Crippen molar-refractivity contribution in [1.82, 2.24) is 15.3 Å². The van der Waals surface area contributed by atoms with Crippen LogP contribution in [0.2, 0.25) is 0 Å². The number of fused-ring (bicyclic) bond motifs is 1. The molecule has 6 nitrogen and oxygen atoms in total. The number of nitrogens with zero attached hydrogens (tertiary/aromatic N) is 2. The number of piperidine rings is 1. The van der Waals surface area contributed by atoms with Crippen molar-refractivity contribution < 1.29 is 22.4 Å². The summed E-state index contributed by atoms with van der Waals surface area (Å²) in [4.78, 5) is 20.6. The van der Waals surface area contributed by atoms with Crippen LogP contribution in [0.15, 0.2) is 36.5 Å². The summed E-state index contributed by atoms with van der Waals surface area (Å²) in [7, 11) is 0. The summed E-state index contributed by atoms with van der Waals surface area (Å²) in [5.74, 6) is -0.376. The Bertz CT molecular complexity index is 1410. The average Bonchev–Trinajstić information content (AvgIpc) is 3.14. The number of anilines is 3. The third-order valence-corrected chi connectivity index (χ3v) is 7.84. The quantitative estimate of drug-likeness (QED) is 0.326. The maximum Gasteiger partial charge on any atom is 0.419 e. The zero-order valence-electron chi connectivity index (χ0n) is 22.1. The normalized spacial score (nSPS) is 17.2. The lowest BCUT2D eigenvalue weighted by Crippen LogP contribution is -2.27. The summed E-state index contributed by atoms with van der Waals surface area (Å²) in [6.07, 6.45) is -1.94. The van der Waals surface area contributed by atoms with Crippen molar-refractivity contribution in [3.8, 4) is 0 Å². The first kappa shape index (κ1) is 27.1. The maximum absolute atomic E-state index is 15.3. The molecule has 3 heterocycles. The van der Waals surface area contributed by atoms with Gasteiger partial charge in [0.2, 0.25) is 11.9 Å². The fourth-order valence-corrected chi connectivity index (χ4v) is 5.61. The van der Waals surface area contributed by atoms with E-state index in [1.54, 1.807) is 45.0 Å². The monoisotopic (exact) mass is 541 g/mol. The Labute approximate surface area is 224 Å². The SMILES string of the molecule is Cc1c(Nc2ncc(C(F)(F)F)c(CCc3cccc4c3C(C)(C)C(=O)N4)n2)ccc(C2CCNCC2)c1F. The fraction of sp³-hybridized carbons (Fsp3) is 0.414. The van der Waals surface area contributed by atoms with Crippen molar-refractivity contribution in [2.24, 2.45) is 0 Å². The molecule has 2 aliphatic heterocycles. The van der Waals surface area contributed by atoms with E-state index in [1.165, 1.54) is 0 Å². The van der Waals surface area contributed by atoms with E-state index in [4.69, 9.17) is 0 Å². The topological polar surface area (TPSA) is 78.9 Å². The van der Waals surface area contributed by atoms with Gasteiger partial charge in [0.15, 0.2) is 0 Å². The second-order valence-corrected chi connectivity index (χ2v) is 10.8. The Balaban J connectivity index is 1.42. The lowest BCUT2D eigenvalue weighted by molar-refractivity contribution is -0.138. The first-order valence-corrected chi connectivity index (χ1v) is 13.1. The standard InChI is InChI=1S/C29H31F4N5O/c1-16-21(10-8-19(25(16)30)17-11-13-34-14-12-17)37-27-35-15-20(29(31,32)33)22(38-27)9-7-18-5-4-6-23-24(18)28(2,3)26(39)36-23/h4-6,8,10,15,17,34H,7,9,11-14H2,1-3H3,(H,36,39)(H,35,37,38). The zero-order valence-corrected chi connectivity index (χ0v) is 22.1. The summed E-state index contributed by atoms with van der Waals surface area (Å²) in [6.45, 7) is 6.90. The maximum atomic E-state index is 15.3. The number of amides is 1. The van der Waals surface area contributed by atoms with E-state index in [1.807, 2.05) is 6.07 Å². The molecule has 3 aromatic rings. The number of halogens is 4. The number of benzene rings is 2. The second-order valence-electron chi connectivity index (χ2n) is 10.8. The van der Waals surface area contributed by atoms with E-state index in [9.17, 15) is 18.0 Å². The van der Waals surface area contributed by atoms with Crippen LogP contribution in [-0.4, -0.2) is 29.0 Å². The van der Waals surface area contributed by atoms with Crippen LogP contribution in [0.1, 0.15) is 66.1 Å². The van der Waals surface area contributed by atoms with E-state index >= 15 is 4.39 Å². The van der Waals surface area contributed by atoms with Crippen molar-refractivity contribution in [2.45, 2.75) is 64.0 Å². The van der Waals surface area contributed by atoms with Crippen LogP contribution in [0.25, 0.3) is 0 Å². The molecule has 2 aliphatic rings. The highest BCUT2D eigenvalue weighted by Gasteiger charge is 2.40. The number of rotatable bonds is 6. The van der Waals surface area contributed by atoms with Gasteiger partial charge in [0.1, 0.15) is 5.82 Å². The Morgan fingerprint density at radius 3 is 2.56 bits per heavy atom. The van der Waals surface area contributed by atoms with E-state index in [-0.39, 0.29) is 42.1 Å². The number of nitrogens with one attached hydrogen (secondary N) is 3. The Morgan fingerprint density at radius 2 is 1.85 bits per heavy atom. The Hall–Kier alpha value is -3.53. The number of alkyl halides is 3. The van der Waals surface area contributed by atoms with Gasteiger partial charge < -0.3 is 16.0 Å². The number of aryl methyl sites for hydroxylation is 2. The Morgan fingerprint density at radius 1 is 1.10 bits per heavy atom. The van der Waals surface area contributed by atoms with Crippen molar-refractivity contribution in [2.75, 3.05) is 23.7 Å². The van der Waals surface area contributed by atoms with Crippen LogP contribution in [0, 0.1) is 12.7 Å². The van der Waals surface area contributed by atoms with Crippen molar-refractivity contribution in [3.63, 3.8) is 0 Å². The van der Waals surface area contributed by atoms with Crippen LogP contribution in [-0.2, 0) is 29.2 Å². The molecule has 1 fully saturated rings. The predicted octanol–water partition coefficient (Wildman–Crippen LogP) is 6.17. The molecule has 1 saturated heterocycles. The molecule has 0 unspecified atom stereocenters. The van der Waals surface area contributed by atoms with Crippen LogP contribution in [0.5, 0.6) is 0 Å². The molecule has 3 N–H and O–H groups in total. The molecular weight excluding hydrogens is 510 g/mol. The van der Waals surface area contributed by atoms with Crippen molar-refractivity contribution >= 4 is 23.2 Å². The summed E-state index contributed by atoms with van der Waals surface area (Å²) in [6, 6.07) is 8.86. The molecule has 0 bridgehead atoms. The number of aromatic nitrogens is 2. The minimum absolute atomic E-state index is 0.0191. The van der Waals surface area contributed by atoms with Gasteiger partial charge in [0.05, 0.1) is 16.7 Å². The highest BCUT2D eigenvalue weighted by Crippen LogP contribution is 2.40. The van der Waals surface area contributed by atoms with Gasteiger partial charge in [0.25, 0.3) is 0 Å². The van der Waals surface area contributed by atoms with Gasteiger partial charge in [-0.15, -0.1) is 0 Å². The lowest BCUT2D eigenvalue weighted by atomic mass is 9.82. The summed E-state index contributed by atoms with van der Waals surface area (Å²) in [5.41, 5.74) is 1.79. The minimum atomic E-state index is -4.64. The first-order chi connectivity index (χ1) is 18.5. The molecule has 0 atom stereocenters. The van der Waals surface area contributed by atoms with Gasteiger partial charge in [-0.25, -0.2) is 14.4 Å².